The average molecular weight is 325 g/mol. The molecule has 0 radical (unpaired) electrons. The summed E-state index contributed by atoms with van der Waals surface area (Å²) < 4.78 is 0. The number of piperidine rings is 2. The van der Waals surface area contributed by atoms with Gasteiger partial charge in [-0.2, -0.15) is 0 Å². The zero-order chi connectivity index (χ0) is 15.5. The average Bonchev–Trinajstić information content (AvgIpc) is 2.49. The monoisotopic (exact) mass is 324 g/mol. The maximum Gasteiger partial charge on any atom is 0.0822 e. The number of likely N-dealkylation sites (tertiary alicyclic amines) is 2. The second-order valence-electron chi connectivity index (χ2n) is 6.56. The van der Waals surface area contributed by atoms with E-state index in [9.17, 15) is 10.2 Å². The van der Waals surface area contributed by atoms with Gasteiger partial charge in [0.2, 0.25) is 0 Å². The van der Waals surface area contributed by atoms with E-state index in [1.54, 1.807) is 0 Å². The van der Waals surface area contributed by atoms with Gasteiger partial charge in [-0.15, -0.1) is 0 Å². The largest absolute Gasteiger partial charge is 0.393 e. The van der Waals surface area contributed by atoms with E-state index in [0.717, 1.165) is 50.5 Å². The number of hydrogen-bond donors (Lipinski definition) is 2. The van der Waals surface area contributed by atoms with Crippen LogP contribution in [0.2, 0.25) is 5.02 Å². The van der Waals surface area contributed by atoms with Crippen molar-refractivity contribution in [3.8, 4) is 0 Å². The smallest absolute Gasteiger partial charge is 0.0822 e. The number of hydrogen-bond acceptors (Lipinski definition) is 4. The topological polar surface area (TPSA) is 46.9 Å². The molecule has 2 aliphatic heterocycles. The van der Waals surface area contributed by atoms with Crippen LogP contribution in [0.1, 0.15) is 24.8 Å². The molecule has 5 heteroatoms. The molecule has 4 nitrogen and oxygen atoms in total. The number of aliphatic hydroxyl groups is 2. The van der Waals surface area contributed by atoms with Gasteiger partial charge in [0.05, 0.1) is 12.2 Å². The summed E-state index contributed by atoms with van der Waals surface area (Å²) >= 11 is 6.03. The fourth-order valence-electron chi connectivity index (χ4n) is 3.67. The number of benzene rings is 1. The molecule has 1 aromatic rings. The highest BCUT2D eigenvalue weighted by Crippen LogP contribution is 2.23. The van der Waals surface area contributed by atoms with Gasteiger partial charge in [-0.1, -0.05) is 23.7 Å². The molecule has 122 valence electrons. The quantitative estimate of drug-likeness (QED) is 0.889. The maximum absolute atomic E-state index is 10.5. The first kappa shape index (κ1) is 16.2. The molecule has 22 heavy (non-hydrogen) atoms. The highest BCUT2D eigenvalue weighted by atomic mass is 35.5. The van der Waals surface area contributed by atoms with Crippen molar-refractivity contribution in [2.45, 2.75) is 44.1 Å². The van der Waals surface area contributed by atoms with E-state index in [4.69, 9.17) is 11.6 Å². The van der Waals surface area contributed by atoms with Crippen molar-refractivity contribution < 1.29 is 10.2 Å². The summed E-state index contributed by atoms with van der Waals surface area (Å²) in [6.07, 6.45) is 2.17. The van der Waals surface area contributed by atoms with Crippen molar-refractivity contribution in [2.75, 3.05) is 26.2 Å². The molecular weight excluding hydrogens is 300 g/mol. The fourth-order valence-corrected chi connectivity index (χ4v) is 3.88. The van der Waals surface area contributed by atoms with Crippen molar-refractivity contribution in [3.63, 3.8) is 0 Å². The number of aliphatic hydroxyl groups excluding tert-OH is 2. The second-order valence-corrected chi connectivity index (χ2v) is 6.99. The predicted octanol–water partition coefficient (Wildman–Crippen LogP) is 1.73. The third-order valence-corrected chi connectivity index (χ3v) is 5.13. The van der Waals surface area contributed by atoms with E-state index >= 15 is 0 Å². The van der Waals surface area contributed by atoms with Crippen LogP contribution in [0.3, 0.4) is 0 Å². The van der Waals surface area contributed by atoms with Gasteiger partial charge >= 0.3 is 0 Å². The van der Waals surface area contributed by atoms with Crippen molar-refractivity contribution in [3.05, 3.63) is 34.9 Å². The van der Waals surface area contributed by atoms with Gasteiger partial charge in [-0.3, -0.25) is 9.80 Å². The summed E-state index contributed by atoms with van der Waals surface area (Å²) in [5.74, 6) is 0. The highest BCUT2D eigenvalue weighted by Gasteiger charge is 2.33. The molecule has 2 N–H and O–H groups in total. The Kier molecular flexibility index (Phi) is 5.37. The molecule has 0 amide bonds. The number of rotatable bonds is 3. The minimum Gasteiger partial charge on any atom is -0.393 e. The van der Waals surface area contributed by atoms with Gasteiger partial charge in [0, 0.05) is 43.8 Å². The van der Waals surface area contributed by atoms with Crippen molar-refractivity contribution >= 4 is 11.6 Å². The van der Waals surface area contributed by atoms with E-state index in [0.29, 0.717) is 6.54 Å². The third kappa shape index (κ3) is 4.00. The zero-order valence-electron chi connectivity index (χ0n) is 12.9. The number of halogens is 1. The first-order valence-electron chi connectivity index (χ1n) is 8.19. The van der Waals surface area contributed by atoms with Crippen LogP contribution in [-0.4, -0.2) is 64.4 Å². The summed E-state index contributed by atoms with van der Waals surface area (Å²) in [5, 5.41) is 20.9. The molecule has 2 saturated heterocycles. The first-order valence-corrected chi connectivity index (χ1v) is 8.56. The van der Waals surface area contributed by atoms with E-state index in [-0.39, 0.29) is 18.2 Å². The Hall–Kier alpha value is -0.650. The molecule has 0 aromatic heterocycles. The number of β-amino-alcohol motifs (C(OH)–C–C–N with tert-alkyl or cyclic N) is 1. The van der Waals surface area contributed by atoms with E-state index < -0.39 is 0 Å². The first-order chi connectivity index (χ1) is 10.6. The van der Waals surface area contributed by atoms with Gasteiger partial charge in [-0.25, -0.2) is 0 Å². The summed E-state index contributed by atoms with van der Waals surface area (Å²) in [6, 6.07) is 8.17. The minimum absolute atomic E-state index is 0.156. The van der Waals surface area contributed by atoms with Gasteiger partial charge in [0.25, 0.3) is 0 Å². The van der Waals surface area contributed by atoms with E-state index in [1.807, 2.05) is 18.2 Å². The molecule has 2 heterocycles. The molecule has 0 unspecified atom stereocenters. The van der Waals surface area contributed by atoms with E-state index in [1.165, 1.54) is 5.56 Å². The standard InChI is InChI=1S/C17H25ClN2O2/c18-14-3-1-2-13(10-14)11-19-7-6-16(17(22)12-19)20-8-4-15(21)5-9-20/h1-3,10,15-17,21-22H,4-9,11-12H2/t16-,17-/m1/s1. The van der Waals surface area contributed by atoms with Gasteiger partial charge in [0.15, 0.2) is 0 Å². The Morgan fingerprint density at radius 3 is 2.55 bits per heavy atom. The molecule has 0 bridgehead atoms. The summed E-state index contributed by atoms with van der Waals surface area (Å²) in [7, 11) is 0. The predicted molar refractivity (Wildman–Crippen MR) is 88.0 cm³/mol. The van der Waals surface area contributed by atoms with Crippen LogP contribution in [0.5, 0.6) is 0 Å². The summed E-state index contributed by atoms with van der Waals surface area (Å²) in [4.78, 5) is 4.65. The van der Waals surface area contributed by atoms with Crippen molar-refractivity contribution in [1.82, 2.24) is 9.80 Å². The van der Waals surface area contributed by atoms with Crippen molar-refractivity contribution in [2.24, 2.45) is 0 Å². The van der Waals surface area contributed by atoms with Crippen LogP contribution in [0.4, 0.5) is 0 Å². The molecule has 3 rings (SSSR count). The molecule has 0 aliphatic carbocycles. The van der Waals surface area contributed by atoms with Crippen LogP contribution < -0.4 is 0 Å². The Labute approximate surface area is 137 Å². The van der Waals surface area contributed by atoms with Crippen LogP contribution in [0, 0.1) is 0 Å². The van der Waals surface area contributed by atoms with Gasteiger partial charge in [-0.05, 0) is 37.0 Å². The SMILES string of the molecule is OC1CCN([C@@H]2CCN(Cc3cccc(Cl)c3)C[C@H]2O)CC1. The Balaban J connectivity index is 1.53. The Bertz CT molecular complexity index is 491. The lowest BCUT2D eigenvalue weighted by molar-refractivity contribution is -0.0355. The molecule has 2 atom stereocenters. The molecular formula is C17H25ClN2O2. The van der Waals surface area contributed by atoms with Crippen molar-refractivity contribution in [1.29, 1.82) is 0 Å². The van der Waals surface area contributed by atoms with Gasteiger partial charge < -0.3 is 10.2 Å². The van der Waals surface area contributed by atoms with Gasteiger partial charge in [0.1, 0.15) is 0 Å². The maximum atomic E-state index is 10.5. The van der Waals surface area contributed by atoms with Crippen LogP contribution >= 0.6 is 11.6 Å². The summed E-state index contributed by atoms with van der Waals surface area (Å²) in [5.41, 5.74) is 1.19. The normalized spacial score (nSPS) is 28.9. The Morgan fingerprint density at radius 1 is 1.09 bits per heavy atom. The summed E-state index contributed by atoms with van der Waals surface area (Å²) in [6.45, 7) is 4.33. The highest BCUT2D eigenvalue weighted by molar-refractivity contribution is 6.30. The number of nitrogens with zero attached hydrogens (tertiary/aromatic N) is 2. The van der Waals surface area contributed by atoms with Crippen LogP contribution in [-0.2, 0) is 6.54 Å². The van der Waals surface area contributed by atoms with Crippen LogP contribution in [0.15, 0.2) is 24.3 Å². The molecule has 0 spiro atoms. The second kappa shape index (κ2) is 7.28. The van der Waals surface area contributed by atoms with E-state index in [2.05, 4.69) is 15.9 Å². The lowest BCUT2D eigenvalue weighted by Crippen LogP contribution is -2.55. The fraction of sp³-hybridized carbons (Fsp3) is 0.647. The molecule has 1 aromatic carbocycles. The third-order valence-electron chi connectivity index (χ3n) is 4.89. The zero-order valence-corrected chi connectivity index (χ0v) is 13.6. The Morgan fingerprint density at radius 2 is 1.86 bits per heavy atom. The minimum atomic E-state index is -0.317. The molecule has 2 aliphatic rings. The molecule has 2 fully saturated rings. The lowest BCUT2D eigenvalue weighted by Gasteiger charge is -2.43. The molecule has 0 saturated carbocycles. The lowest BCUT2D eigenvalue weighted by atomic mass is 9.96. The van der Waals surface area contributed by atoms with Crippen LogP contribution in [0.25, 0.3) is 0 Å².